The van der Waals surface area contributed by atoms with E-state index in [4.69, 9.17) is 0 Å². The molecule has 5 nitrogen and oxygen atoms in total. The van der Waals surface area contributed by atoms with Gasteiger partial charge in [-0.05, 0) is 43.6 Å². The molecule has 2 N–H and O–H groups in total. The van der Waals surface area contributed by atoms with Crippen molar-refractivity contribution in [2.24, 2.45) is 16.8 Å². The Morgan fingerprint density at radius 1 is 1.21 bits per heavy atom. The number of allylic oxidation sites excluding steroid dienone is 1. The molecule has 1 atom stereocenters. The molecule has 0 spiro atoms. The summed E-state index contributed by atoms with van der Waals surface area (Å²) in [5, 5.41) is 18.8. The average Bonchev–Trinajstić information content (AvgIpc) is 3.20. The predicted octanol–water partition coefficient (Wildman–Crippen LogP) is 1.88. The SMILES string of the molecule is O=C(O)C1=CC(CC2CC2)=NC1(CC1CC1)C(=O)O. The number of nitrogens with zero attached hydrogens (tertiary/aromatic N) is 1. The maximum absolute atomic E-state index is 11.6. The van der Waals surface area contributed by atoms with Crippen LogP contribution in [0.5, 0.6) is 0 Å². The maximum Gasteiger partial charge on any atom is 0.336 e. The van der Waals surface area contributed by atoms with E-state index >= 15 is 0 Å². The van der Waals surface area contributed by atoms with Crippen LogP contribution in [0.1, 0.15) is 38.5 Å². The Balaban J connectivity index is 1.93. The fourth-order valence-electron chi connectivity index (χ4n) is 2.73. The minimum atomic E-state index is -1.53. The van der Waals surface area contributed by atoms with Crippen LogP contribution >= 0.6 is 0 Å². The average molecular weight is 263 g/mol. The number of hydrogen-bond donors (Lipinski definition) is 2. The van der Waals surface area contributed by atoms with Crippen LogP contribution in [0.4, 0.5) is 0 Å². The lowest BCUT2D eigenvalue weighted by Gasteiger charge is -2.22. The molecule has 1 unspecified atom stereocenters. The van der Waals surface area contributed by atoms with Gasteiger partial charge in [0.15, 0.2) is 5.54 Å². The third kappa shape index (κ3) is 2.29. The number of rotatable bonds is 6. The quantitative estimate of drug-likeness (QED) is 0.766. The predicted molar refractivity (Wildman–Crippen MR) is 68.2 cm³/mol. The molecule has 0 aromatic rings. The first-order valence-electron chi connectivity index (χ1n) is 6.79. The molecule has 0 aromatic carbocycles. The Kier molecular flexibility index (Phi) is 2.73. The minimum Gasteiger partial charge on any atom is -0.479 e. The zero-order valence-corrected chi connectivity index (χ0v) is 10.6. The molecule has 102 valence electrons. The molecule has 0 saturated heterocycles. The van der Waals surface area contributed by atoms with Crippen molar-refractivity contribution >= 4 is 17.7 Å². The molecule has 0 radical (unpaired) electrons. The van der Waals surface area contributed by atoms with Crippen molar-refractivity contribution in [1.29, 1.82) is 0 Å². The Labute approximate surface area is 111 Å². The van der Waals surface area contributed by atoms with Gasteiger partial charge in [-0.3, -0.25) is 4.99 Å². The summed E-state index contributed by atoms with van der Waals surface area (Å²) < 4.78 is 0. The van der Waals surface area contributed by atoms with Crippen LogP contribution < -0.4 is 0 Å². The first kappa shape index (κ1) is 12.4. The summed E-state index contributed by atoms with van der Waals surface area (Å²) in [6.07, 6.45) is 6.78. The number of aliphatic imine (C=N–C) groups is 1. The third-order valence-corrected chi connectivity index (χ3v) is 4.15. The van der Waals surface area contributed by atoms with Gasteiger partial charge >= 0.3 is 11.9 Å². The van der Waals surface area contributed by atoms with E-state index in [1.165, 1.54) is 6.08 Å². The zero-order valence-electron chi connectivity index (χ0n) is 10.6. The monoisotopic (exact) mass is 263 g/mol. The number of carboxylic acid groups (broad SMARTS) is 2. The van der Waals surface area contributed by atoms with E-state index < -0.39 is 17.5 Å². The molecule has 1 aliphatic heterocycles. The van der Waals surface area contributed by atoms with Crippen LogP contribution in [0.25, 0.3) is 0 Å². The van der Waals surface area contributed by atoms with Gasteiger partial charge in [0.2, 0.25) is 0 Å². The van der Waals surface area contributed by atoms with E-state index in [1.807, 2.05) is 0 Å². The Hall–Kier alpha value is -1.65. The van der Waals surface area contributed by atoms with E-state index in [-0.39, 0.29) is 5.57 Å². The van der Waals surface area contributed by atoms with Gasteiger partial charge in [0.1, 0.15) is 0 Å². The fraction of sp³-hybridized carbons (Fsp3) is 0.643. The smallest absolute Gasteiger partial charge is 0.336 e. The molecule has 2 saturated carbocycles. The highest BCUT2D eigenvalue weighted by Gasteiger charge is 2.51. The van der Waals surface area contributed by atoms with Gasteiger partial charge in [-0.1, -0.05) is 12.8 Å². The summed E-state index contributed by atoms with van der Waals surface area (Å²) in [5.41, 5.74) is -0.928. The van der Waals surface area contributed by atoms with Gasteiger partial charge in [-0.2, -0.15) is 0 Å². The van der Waals surface area contributed by atoms with Crippen LogP contribution in [0, 0.1) is 11.8 Å². The lowest BCUT2D eigenvalue weighted by molar-refractivity contribution is -0.145. The molecule has 5 heteroatoms. The van der Waals surface area contributed by atoms with Crippen molar-refractivity contribution < 1.29 is 19.8 Å². The van der Waals surface area contributed by atoms with E-state index in [0.29, 0.717) is 24.0 Å². The van der Waals surface area contributed by atoms with Crippen LogP contribution in [-0.2, 0) is 9.59 Å². The molecule has 3 aliphatic rings. The minimum absolute atomic E-state index is 0.0532. The summed E-state index contributed by atoms with van der Waals surface area (Å²) in [6.45, 7) is 0. The zero-order chi connectivity index (χ0) is 13.6. The summed E-state index contributed by atoms with van der Waals surface area (Å²) in [6, 6.07) is 0. The highest BCUT2D eigenvalue weighted by Crippen LogP contribution is 2.44. The first-order valence-corrected chi connectivity index (χ1v) is 6.79. The molecular formula is C14H17NO4. The molecule has 3 rings (SSSR count). The topological polar surface area (TPSA) is 87.0 Å². The lowest BCUT2D eigenvalue weighted by Crippen LogP contribution is -2.40. The standard InChI is InChI=1S/C14H17NO4/c16-12(17)11-6-10(5-8-1-2-8)15-14(11,13(18)19)7-9-3-4-9/h6,8-9H,1-5,7H2,(H,16,17)(H,18,19). The molecule has 0 amide bonds. The normalized spacial score (nSPS) is 29.9. The lowest BCUT2D eigenvalue weighted by atomic mass is 9.86. The largest absolute Gasteiger partial charge is 0.479 e. The third-order valence-electron chi connectivity index (χ3n) is 4.15. The molecule has 19 heavy (non-hydrogen) atoms. The Bertz CT molecular complexity index is 500. The first-order chi connectivity index (χ1) is 9.01. The molecule has 2 aliphatic carbocycles. The van der Waals surface area contributed by atoms with E-state index in [2.05, 4.69) is 4.99 Å². The second-order valence-corrected chi connectivity index (χ2v) is 5.93. The molecular weight excluding hydrogens is 246 g/mol. The van der Waals surface area contributed by atoms with Crippen molar-refractivity contribution in [3.8, 4) is 0 Å². The summed E-state index contributed by atoms with van der Waals surface area (Å²) >= 11 is 0. The maximum atomic E-state index is 11.6. The number of carbonyl (C=O) groups is 2. The van der Waals surface area contributed by atoms with Gasteiger partial charge in [0.05, 0.1) is 5.57 Å². The van der Waals surface area contributed by atoms with Crippen molar-refractivity contribution in [3.63, 3.8) is 0 Å². The second kappa shape index (κ2) is 4.18. The number of carboxylic acids is 2. The van der Waals surface area contributed by atoms with Crippen LogP contribution in [0.15, 0.2) is 16.6 Å². The van der Waals surface area contributed by atoms with E-state index in [9.17, 15) is 19.8 Å². The van der Waals surface area contributed by atoms with Gasteiger partial charge in [-0.15, -0.1) is 0 Å². The molecule has 1 heterocycles. The summed E-state index contributed by atoms with van der Waals surface area (Å²) in [4.78, 5) is 27.3. The van der Waals surface area contributed by atoms with Crippen LogP contribution in [0.2, 0.25) is 0 Å². The highest BCUT2D eigenvalue weighted by atomic mass is 16.4. The number of hydrogen-bond acceptors (Lipinski definition) is 3. The van der Waals surface area contributed by atoms with Gasteiger partial charge in [-0.25, -0.2) is 9.59 Å². The van der Waals surface area contributed by atoms with Gasteiger partial charge < -0.3 is 10.2 Å². The van der Waals surface area contributed by atoms with Crippen molar-refractivity contribution in [1.82, 2.24) is 0 Å². The molecule has 0 bridgehead atoms. The van der Waals surface area contributed by atoms with E-state index in [1.54, 1.807) is 0 Å². The summed E-state index contributed by atoms with van der Waals surface area (Å²) in [5.74, 6) is -1.41. The molecule has 2 fully saturated rings. The van der Waals surface area contributed by atoms with Crippen molar-refractivity contribution in [2.45, 2.75) is 44.1 Å². The molecule has 0 aromatic heterocycles. The van der Waals surface area contributed by atoms with Crippen LogP contribution in [-0.4, -0.2) is 33.4 Å². The van der Waals surface area contributed by atoms with Gasteiger partial charge in [0.25, 0.3) is 0 Å². The number of aliphatic carboxylic acids is 2. The Morgan fingerprint density at radius 2 is 1.84 bits per heavy atom. The highest BCUT2D eigenvalue weighted by molar-refractivity contribution is 6.12. The van der Waals surface area contributed by atoms with E-state index in [0.717, 1.165) is 32.1 Å². The Morgan fingerprint density at radius 3 is 2.32 bits per heavy atom. The fourth-order valence-corrected chi connectivity index (χ4v) is 2.73. The van der Waals surface area contributed by atoms with Gasteiger partial charge in [0, 0.05) is 5.71 Å². The second-order valence-electron chi connectivity index (χ2n) is 5.93. The van der Waals surface area contributed by atoms with Crippen molar-refractivity contribution in [2.75, 3.05) is 0 Å². The van der Waals surface area contributed by atoms with Crippen molar-refractivity contribution in [3.05, 3.63) is 11.6 Å². The summed E-state index contributed by atoms with van der Waals surface area (Å²) in [7, 11) is 0. The van der Waals surface area contributed by atoms with Crippen LogP contribution in [0.3, 0.4) is 0 Å².